The largest absolute Gasteiger partial charge is 0.382 e. The zero-order valence-electron chi connectivity index (χ0n) is 10.2. The van der Waals surface area contributed by atoms with Gasteiger partial charge in [-0.1, -0.05) is 23.7 Å². The summed E-state index contributed by atoms with van der Waals surface area (Å²) >= 11 is 7.85. The van der Waals surface area contributed by atoms with Crippen LogP contribution in [0.5, 0.6) is 0 Å². The molecule has 96 valence electrons. The Balaban J connectivity index is 1.99. The second-order valence-electron chi connectivity index (χ2n) is 3.58. The SMILES string of the molecule is CCOCCCNCCSc1ccccc1Cl. The number of thioether (sulfide) groups is 1. The Morgan fingerprint density at radius 1 is 1.29 bits per heavy atom. The standard InChI is InChI=1S/C13H20ClNOS/c1-2-16-10-5-8-15-9-11-17-13-7-4-3-6-12(13)14/h3-4,6-7,15H,2,5,8-11H2,1H3. The molecule has 4 heteroatoms. The molecule has 0 spiro atoms. The van der Waals surface area contributed by atoms with Crippen molar-refractivity contribution < 1.29 is 4.74 Å². The highest BCUT2D eigenvalue weighted by molar-refractivity contribution is 7.99. The first-order chi connectivity index (χ1) is 8.34. The fraction of sp³-hybridized carbons (Fsp3) is 0.538. The molecule has 1 N–H and O–H groups in total. The molecule has 1 aromatic rings. The highest BCUT2D eigenvalue weighted by atomic mass is 35.5. The van der Waals surface area contributed by atoms with Crippen LogP contribution >= 0.6 is 23.4 Å². The highest BCUT2D eigenvalue weighted by Gasteiger charge is 1.98. The van der Waals surface area contributed by atoms with Gasteiger partial charge in [0.15, 0.2) is 0 Å². The van der Waals surface area contributed by atoms with Crippen LogP contribution in [0.25, 0.3) is 0 Å². The molecule has 1 rings (SSSR count). The van der Waals surface area contributed by atoms with Crippen LogP contribution in [0.1, 0.15) is 13.3 Å². The minimum Gasteiger partial charge on any atom is -0.382 e. The number of nitrogens with one attached hydrogen (secondary N) is 1. The molecule has 0 aliphatic carbocycles. The van der Waals surface area contributed by atoms with Crippen LogP contribution in [0, 0.1) is 0 Å². The zero-order chi connectivity index (χ0) is 12.3. The Kier molecular flexibility index (Phi) is 8.53. The van der Waals surface area contributed by atoms with Crippen LogP contribution in [0.3, 0.4) is 0 Å². The normalized spacial score (nSPS) is 10.7. The smallest absolute Gasteiger partial charge is 0.0541 e. The number of hydrogen-bond acceptors (Lipinski definition) is 3. The molecule has 0 saturated heterocycles. The van der Waals surface area contributed by atoms with Gasteiger partial charge in [0.1, 0.15) is 0 Å². The third-order valence-corrected chi connectivity index (χ3v) is 3.74. The van der Waals surface area contributed by atoms with Crippen LogP contribution in [0.4, 0.5) is 0 Å². The van der Waals surface area contributed by atoms with E-state index in [4.69, 9.17) is 16.3 Å². The highest BCUT2D eigenvalue weighted by Crippen LogP contribution is 2.25. The van der Waals surface area contributed by atoms with E-state index >= 15 is 0 Å². The maximum atomic E-state index is 6.06. The van der Waals surface area contributed by atoms with Gasteiger partial charge < -0.3 is 10.1 Å². The van der Waals surface area contributed by atoms with Crippen LogP contribution < -0.4 is 5.32 Å². The first-order valence-electron chi connectivity index (χ1n) is 6.00. The number of hydrogen-bond donors (Lipinski definition) is 1. The van der Waals surface area contributed by atoms with Crippen molar-refractivity contribution >= 4 is 23.4 Å². The van der Waals surface area contributed by atoms with Gasteiger partial charge in [0.2, 0.25) is 0 Å². The fourth-order valence-corrected chi connectivity index (χ4v) is 2.51. The molecule has 17 heavy (non-hydrogen) atoms. The molecule has 0 aromatic heterocycles. The number of halogens is 1. The van der Waals surface area contributed by atoms with Gasteiger partial charge in [-0.2, -0.15) is 0 Å². The van der Waals surface area contributed by atoms with Crippen molar-refractivity contribution in [2.45, 2.75) is 18.2 Å². The van der Waals surface area contributed by atoms with Crippen molar-refractivity contribution in [3.05, 3.63) is 29.3 Å². The van der Waals surface area contributed by atoms with Gasteiger partial charge in [0.05, 0.1) is 5.02 Å². The number of benzene rings is 1. The van der Waals surface area contributed by atoms with Gasteiger partial charge in [0.25, 0.3) is 0 Å². The van der Waals surface area contributed by atoms with E-state index in [1.165, 1.54) is 0 Å². The third-order valence-electron chi connectivity index (χ3n) is 2.22. The first-order valence-corrected chi connectivity index (χ1v) is 7.36. The molecule has 0 heterocycles. The van der Waals surface area contributed by atoms with Crippen molar-refractivity contribution in [3.8, 4) is 0 Å². The molecule has 0 aliphatic rings. The quantitative estimate of drug-likeness (QED) is 0.550. The fourth-order valence-electron chi connectivity index (χ4n) is 1.36. The Labute approximate surface area is 113 Å². The summed E-state index contributed by atoms with van der Waals surface area (Å²) in [6, 6.07) is 7.96. The minimum absolute atomic E-state index is 0.808. The summed E-state index contributed by atoms with van der Waals surface area (Å²) in [5.41, 5.74) is 0. The lowest BCUT2D eigenvalue weighted by Crippen LogP contribution is -2.19. The van der Waals surface area contributed by atoms with Gasteiger partial charge in [-0.15, -0.1) is 11.8 Å². The summed E-state index contributed by atoms with van der Waals surface area (Å²) in [7, 11) is 0. The lowest BCUT2D eigenvalue weighted by molar-refractivity contribution is 0.145. The molecular formula is C13H20ClNOS. The molecule has 0 bridgehead atoms. The molecule has 0 unspecified atom stereocenters. The van der Waals surface area contributed by atoms with E-state index in [1.807, 2.05) is 25.1 Å². The lowest BCUT2D eigenvalue weighted by atomic mass is 10.4. The summed E-state index contributed by atoms with van der Waals surface area (Å²) in [6.45, 7) is 5.70. The predicted molar refractivity (Wildman–Crippen MR) is 76.2 cm³/mol. The molecule has 0 aliphatic heterocycles. The number of ether oxygens (including phenoxy) is 1. The van der Waals surface area contributed by atoms with Crippen LogP contribution in [-0.2, 0) is 4.74 Å². The second-order valence-corrected chi connectivity index (χ2v) is 5.12. The molecule has 0 atom stereocenters. The lowest BCUT2D eigenvalue weighted by Gasteiger charge is -2.06. The molecule has 0 saturated carbocycles. The molecule has 2 nitrogen and oxygen atoms in total. The van der Waals surface area contributed by atoms with Crippen LogP contribution in [0.15, 0.2) is 29.2 Å². The van der Waals surface area contributed by atoms with Crippen LogP contribution in [0.2, 0.25) is 5.02 Å². The first kappa shape index (κ1) is 14.8. The minimum atomic E-state index is 0.808. The average Bonchev–Trinajstić information content (AvgIpc) is 2.35. The Morgan fingerprint density at radius 3 is 2.88 bits per heavy atom. The van der Waals surface area contributed by atoms with E-state index in [0.717, 1.165) is 48.4 Å². The maximum Gasteiger partial charge on any atom is 0.0541 e. The third kappa shape index (κ3) is 6.94. The van der Waals surface area contributed by atoms with Gasteiger partial charge in [-0.3, -0.25) is 0 Å². The molecular weight excluding hydrogens is 254 g/mol. The maximum absolute atomic E-state index is 6.06. The van der Waals surface area contributed by atoms with Gasteiger partial charge in [-0.05, 0) is 32.0 Å². The summed E-state index contributed by atoms with van der Waals surface area (Å²) in [4.78, 5) is 1.16. The molecule has 0 radical (unpaired) electrons. The van der Waals surface area contributed by atoms with Gasteiger partial charge >= 0.3 is 0 Å². The Bertz CT molecular complexity index is 309. The molecule has 0 amide bonds. The molecule has 1 aromatic carbocycles. The summed E-state index contributed by atoms with van der Waals surface area (Å²) in [5, 5.41) is 4.23. The van der Waals surface area contributed by atoms with Crippen molar-refractivity contribution in [3.63, 3.8) is 0 Å². The number of rotatable bonds is 9. The topological polar surface area (TPSA) is 21.3 Å². The molecule has 0 fully saturated rings. The van der Waals surface area contributed by atoms with E-state index in [9.17, 15) is 0 Å². The van der Waals surface area contributed by atoms with E-state index in [-0.39, 0.29) is 0 Å². The monoisotopic (exact) mass is 273 g/mol. The van der Waals surface area contributed by atoms with Crippen molar-refractivity contribution in [1.82, 2.24) is 5.32 Å². The predicted octanol–water partition coefficient (Wildman–Crippen LogP) is 3.45. The zero-order valence-corrected chi connectivity index (χ0v) is 11.8. The summed E-state index contributed by atoms with van der Waals surface area (Å²) in [5.74, 6) is 1.04. The van der Waals surface area contributed by atoms with E-state index in [2.05, 4.69) is 11.4 Å². The van der Waals surface area contributed by atoms with Gasteiger partial charge in [0, 0.05) is 30.4 Å². The van der Waals surface area contributed by atoms with E-state index in [1.54, 1.807) is 11.8 Å². The Morgan fingerprint density at radius 2 is 2.12 bits per heavy atom. The summed E-state index contributed by atoms with van der Waals surface area (Å²) in [6.07, 6.45) is 1.07. The second kappa shape index (κ2) is 9.77. The van der Waals surface area contributed by atoms with Crippen molar-refractivity contribution in [2.75, 3.05) is 32.1 Å². The average molecular weight is 274 g/mol. The Hall–Kier alpha value is -0.220. The van der Waals surface area contributed by atoms with Gasteiger partial charge in [-0.25, -0.2) is 0 Å². The van der Waals surface area contributed by atoms with E-state index in [0.29, 0.717) is 0 Å². The summed E-state index contributed by atoms with van der Waals surface area (Å²) < 4.78 is 5.26. The van der Waals surface area contributed by atoms with Crippen LogP contribution in [-0.4, -0.2) is 32.1 Å². The van der Waals surface area contributed by atoms with Crippen molar-refractivity contribution in [2.24, 2.45) is 0 Å². The van der Waals surface area contributed by atoms with Crippen molar-refractivity contribution in [1.29, 1.82) is 0 Å². The van der Waals surface area contributed by atoms with E-state index < -0.39 is 0 Å².